The largest absolute Gasteiger partial charge is 0.373 e. The number of benzene rings is 1. The molecule has 0 bridgehead atoms. The fraction of sp³-hybridized carbons (Fsp3) is 0.312. The minimum absolute atomic E-state index is 0.00215. The van der Waals surface area contributed by atoms with Crippen LogP contribution < -0.4 is 5.32 Å². The van der Waals surface area contributed by atoms with Gasteiger partial charge in [-0.15, -0.1) is 0 Å². The fourth-order valence-corrected chi connectivity index (χ4v) is 2.76. The lowest BCUT2D eigenvalue weighted by molar-refractivity contribution is -0.384. The van der Waals surface area contributed by atoms with E-state index >= 15 is 0 Å². The van der Waals surface area contributed by atoms with Crippen molar-refractivity contribution in [3.05, 3.63) is 64.3 Å². The van der Waals surface area contributed by atoms with Crippen LogP contribution in [0.4, 0.5) is 11.5 Å². The maximum Gasteiger partial charge on any atom is 0.311 e. The van der Waals surface area contributed by atoms with Crippen molar-refractivity contribution >= 4 is 11.5 Å². The van der Waals surface area contributed by atoms with Gasteiger partial charge >= 0.3 is 5.69 Å². The number of hydrogen-bond acceptors (Lipinski definition) is 5. The Morgan fingerprint density at radius 2 is 2.09 bits per heavy atom. The molecule has 2 aromatic rings. The van der Waals surface area contributed by atoms with Gasteiger partial charge in [-0.2, -0.15) is 0 Å². The number of rotatable bonds is 5. The van der Waals surface area contributed by atoms with Crippen LogP contribution in [0.2, 0.25) is 0 Å². The van der Waals surface area contributed by atoms with Crippen LogP contribution in [0.25, 0.3) is 0 Å². The molecule has 2 heterocycles. The van der Waals surface area contributed by atoms with Gasteiger partial charge < -0.3 is 10.1 Å². The van der Waals surface area contributed by atoms with Crippen LogP contribution in [-0.2, 0) is 4.74 Å². The van der Waals surface area contributed by atoms with Crippen LogP contribution in [0.1, 0.15) is 18.1 Å². The lowest BCUT2D eigenvalue weighted by Crippen LogP contribution is -2.19. The second-order valence-corrected chi connectivity index (χ2v) is 5.26. The zero-order chi connectivity index (χ0) is 15.4. The number of ether oxygens (including phenoxy) is 1. The normalized spacial score (nSPS) is 20.7. The summed E-state index contributed by atoms with van der Waals surface area (Å²) in [5, 5.41) is 14.1. The van der Waals surface area contributed by atoms with Gasteiger partial charge in [-0.3, -0.25) is 10.1 Å². The van der Waals surface area contributed by atoms with E-state index in [-0.39, 0.29) is 17.7 Å². The van der Waals surface area contributed by atoms with Crippen LogP contribution >= 0.6 is 0 Å². The zero-order valence-corrected chi connectivity index (χ0v) is 12.0. The van der Waals surface area contributed by atoms with Crippen molar-refractivity contribution in [3.8, 4) is 0 Å². The quantitative estimate of drug-likeness (QED) is 0.677. The average Bonchev–Trinajstić information content (AvgIpc) is 3.02. The molecule has 1 aliphatic rings. The van der Waals surface area contributed by atoms with E-state index in [0.29, 0.717) is 19.0 Å². The third-order valence-electron chi connectivity index (χ3n) is 3.86. The summed E-state index contributed by atoms with van der Waals surface area (Å²) < 4.78 is 5.82. The molecule has 0 saturated carbocycles. The number of anilines is 1. The fourth-order valence-electron chi connectivity index (χ4n) is 2.76. The Balaban J connectivity index is 1.70. The summed E-state index contributed by atoms with van der Waals surface area (Å²) in [6, 6.07) is 13.1. The highest BCUT2D eigenvalue weighted by Crippen LogP contribution is 2.34. The van der Waals surface area contributed by atoms with Gasteiger partial charge in [0, 0.05) is 31.3 Å². The molecule has 1 aromatic heterocycles. The summed E-state index contributed by atoms with van der Waals surface area (Å²) in [6.45, 7) is 1.30. The van der Waals surface area contributed by atoms with Crippen LogP contribution in [-0.4, -0.2) is 23.1 Å². The highest BCUT2D eigenvalue weighted by Gasteiger charge is 2.30. The Labute approximate surface area is 128 Å². The molecule has 3 rings (SSSR count). The SMILES string of the molecule is O=[N+]([O-])c1cccnc1NC[C@@H]1CCO[C@H]1c1ccccc1. The van der Waals surface area contributed by atoms with Crippen molar-refractivity contribution in [3.63, 3.8) is 0 Å². The van der Waals surface area contributed by atoms with Crippen molar-refractivity contribution in [2.24, 2.45) is 5.92 Å². The third kappa shape index (κ3) is 3.07. The van der Waals surface area contributed by atoms with Gasteiger partial charge in [0.25, 0.3) is 0 Å². The van der Waals surface area contributed by atoms with Crippen molar-refractivity contribution < 1.29 is 9.66 Å². The summed E-state index contributed by atoms with van der Waals surface area (Å²) in [5.74, 6) is 0.579. The maximum atomic E-state index is 11.0. The molecular weight excluding hydrogens is 282 g/mol. The first-order valence-corrected chi connectivity index (χ1v) is 7.25. The summed E-state index contributed by atoms with van der Waals surface area (Å²) in [6.07, 6.45) is 2.50. The number of aromatic nitrogens is 1. The van der Waals surface area contributed by atoms with Crippen LogP contribution in [0.5, 0.6) is 0 Å². The summed E-state index contributed by atoms with van der Waals surface area (Å²) in [7, 11) is 0. The molecule has 0 spiro atoms. The molecule has 114 valence electrons. The lowest BCUT2D eigenvalue weighted by Gasteiger charge is -2.19. The molecule has 1 aromatic carbocycles. The summed E-state index contributed by atoms with van der Waals surface area (Å²) >= 11 is 0. The Bertz CT molecular complexity index is 648. The van der Waals surface area contributed by atoms with Gasteiger partial charge in [-0.25, -0.2) is 4.98 Å². The number of nitro groups is 1. The first-order valence-electron chi connectivity index (χ1n) is 7.25. The van der Waals surface area contributed by atoms with Crippen LogP contribution in [0.15, 0.2) is 48.7 Å². The average molecular weight is 299 g/mol. The van der Waals surface area contributed by atoms with E-state index in [4.69, 9.17) is 4.74 Å². The Morgan fingerprint density at radius 1 is 1.27 bits per heavy atom. The first kappa shape index (κ1) is 14.5. The highest BCUT2D eigenvalue weighted by molar-refractivity contribution is 5.55. The Kier molecular flexibility index (Phi) is 4.29. The van der Waals surface area contributed by atoms with Gasteiger partial charge in [-0.05, 0) is 18.1 Å². The monoisotopic (exact) mass is 299 g/mol. The maximum absolute atomic E-state index is 11.0. The van der Waals surface area contributed by atoms with E-state index in [1.54, 1.807) is 12.3 Å². The van der Waals surface area contributed by atoms with E-state index in [0.717, 1.165) is 12.0 Å². The Hall–Kier alpha value is -2.47. The number of pyridine rings is 1. The molecule has 1 N–H and O–H groups in total. The van der Waals surface area contributed by atoms with Crippen LogP contribution in [0.3, 0.4) is 0 Å². The first-order chi connectivity index (χ1) is 10.8. The van der Waals surface area contributed by atoms with Gasteiger partial charge in [0.05, 0.1) is 11.0 Å². The summed E-state index contributed by atoms with van der Waals surface area (Å²) in [4.78, 5) is 14.6. The van der Waals surface area contributed by atoms with Crippen molar-refractivity contribution in [2.75, 3.05) is 18.5 Å². The third-order valence-corrected chi connectivity index (χ3v) is 3.86. The number of hydrogen-bond donors (Lipinski definition) is 1. The molecule has 0 aliphatic carbocycles. The Morgan fingerprint density at radius 3 is 2.86 bits per heavy atom. The van der Waals surface area contributed by atoms with Gasteiger partial charge in [0.1, 0.15) is 0 Å². The van der Waals surface area contributed by atoms with Crippen molar-refractivity contribution in [1.82, 2.24) is 4.98 Å². The molecular formula is C16H17N3O3. The zero-order valence-electron chi connectivity index (χ0n) is 12.0. The van der Waals surface area contributed by atoms with E-state index in [2.05, 4.69) is 10.3 Å². The minimum atomic E-state index is -0.421. The van der Waals surface area contributed by atoms with Gasteiger partial charge in [0.15, 0.2) is 0 Å². The molecule has 0 radical (unpaired) electrons. The van der Waals surface area contributed by atoms with E-state index < -0.39 is 4.92 Å². The van der Waals surface area contributed by atoms with E-state index in [1.165, 1.54) is 6.07 Å². The molecule has 2 atom stereocenters. The molecule has 1 aliphatic heterocycles. The highest BCUT2D eigenvalue weighted by atomic mass is 16.6. The molecule has 22 heavy (non-hydrogen) atoms. The predicted molar refractivity (Wildman–Crippen MR) is 82.6 cm³/mol. The molecule has 0 amide bonds. The second kappa shape index (κ2) is 6.53. The van der Waals surface area contributed by atoms with Crippen molar-refractivity contribution in [2.45, 2.75) is 12.5 Å². The standard InChI is InChI=1S/C16H17N3O3/c20-19(21)14-7-4-9-17-16(14)18-11-13-8-10-22-15(13)12-5-2-1-3-6-12/h1-7,9,13,15H,8,10-11H2,(H,17,18)/t13-,15-/m0/s1. The molecule has 6 heteroatoms. The van der Waals surface area contributed by atoms with Crippen LogP contribution in [0, 0.1) is 16.0 Å². The second-order valence-electron chi connectivity index (χ2n) is 5.26. The van der Waals surface area contributed by atoms with Crippen molar-refractivity contribution in [1.29, 1.82) is 0 Å². The minimum Gasteiger partial charge on any atom is -0.373 e. The molecule has 0 unspecified atom stereocenters. The molecule has 1 saturated heterocycles. The summed E-state index contributed by atoms with van der Waals surface area (Å²) in [5.41, 5.74) is 1.14. The molecule has 6 nitrogen and oxygen atoms in total. The van der Waals surface area contributed by atoms with Gasteiger partial charge in [-0.1, -0.05) is 30.3 Å². The lowest BCUT2D eigenvalue weighted by atomic mass is 9.95. The number of nitrogens with one attached hydrogen (secondary N) is 1. The van der Waals surface area contributed by atoms with Gasteiger partial charge in [0.2, 0.25) is 5.82 Å². The molecule has 1 fully saturated rings. The predicted octanol–water partition coefficient (Wildman–Crippen LogP) is 3.18. The topological polar surface area (TPSA) is 77.3 Å². The smallest absolute Gasteiger partial charge is 0.311 e. The van der Waals surface area contributed by atoms with E-state index in [9.17, 15) is 10.1 Å². The van der Waals surface area contributed by atoms with E-state index in [1.807, 2.05) is 30.3 Å². The number of nitrogens with zero attached hydrogens (tertiary/aromatic N) is 2.